The highest BCUT2D eigenvalue weighted by molar-refractivity contribution is 5.48. The molecule has 0 aliphatic carbocycles. The van der Waals surface area contributed by atoms with E-state index < -0.39 is 5.60 Å². The molecule has 2 saturated heterocycles. The number of aliphatic hydroxyl groups is 1. The normalized spacial score (nSPS) is 25.3. The lowest BCUT2D eigenvalue weighted by molar-refractivity contribution is -0.117. The van der Waals surface area contributed by atoms with Crippen molar-refractivity contribution in [3.05, 3.63) is 17.5 Å². The van der Waals surface area contributed by atoms with Gasteiger partial charge in [0.25, 0.3) is 0 Å². The van der Waals surface area contributed by atoms with Gasteiger partial charge in [0.2, 0.25) is 12.4 Å². The van der Waals surface area contributed by atoms with Crippen molar-refractivity contribution >= 4 is 12.4 Å². The highest BCUT2D eigenvalue weighted by atomic mass is 16.3. The summed E-state index contributed by atoms with van der Waals surface area (Å²) in [5, 5.41) is 10.2. The number of anilines is 1. The van der Waals surface area contributed by atoms with Gasteiger partial charge in [-0.05, 0) is 26.8 Å². The first-order valence-corrected chi connectivity index (χ1v) is 7.39. The molecule has 114 valence electrons. The van der Waals surface area contributed by atoms with Crippen LogP contribution >= 0.6 is 0 Å². The van der Waals surface area contributed by atoms with Gasteiger partial charge in [-0.15, -0.1) is 0 Å². The van der Waals surface area contributed by atoms with E-state index in [0.717, 1.165) is 38.3 Å². The lowest BCUT2D eigenvalue weighted by atomic mass is 10.0. The monoisotopic (exact) mass is 290 g/mol. The average molecular weight is 290 g/mol. The van der Waals surface area contributed by atoms with Gasteiger partial charge in [0.15, 0.2) is 0 Å². The number of carbonyl (C=O) groups excluding carboxylic acids is 1. The van der Waals surface area contributed by atoms with Crippen LogP contribution in [0.25, 0.3) is 0 Å². The predicted molar refractivity (Wildman–Crippen MR) is 78.8 cm³/mol. The molecule has 6 heteroatoms. The van der Waals surface area contributed by atoms with Crippen LogP contribution < -0.4 is 4.90 Å². The van der Waals surface area contributed by atoms with Crippen LogP contribution in [0.4, 0.5) is 5.95 Å². The van der Waals surface area contributed by atoms with Crippen LogP contribution in [-0.2, 0) is 10.4 Å². The van der Waals surface area contributed by atoms with E-state index in [0.29, 0.717) is 23.5 Å². The Morgan fingerprint density at radius 2 is 1.86 bits per heavy atom. The van der Waals surface area contributed by atoms with E-state index in [4.69, 9.17) is 0 Å². The fraction of sp³-hybridized carbons (Fsp3) is 0.667. The van der Waals surface area contributed by atoms with E-state index in [-0.39, 0.29) is 0 Å². The van der Waals surface area contributed by atoms with E-state index in [1.165, 1.54) is 0 Å². The highest BCUT2D eigenvalue weighted by Crippen LogP contribution is 2.32. The summed E-state index contributed by atoms with van der Waals surface area (Å²) in [7, 11) is 0. The number of carbonyl (C=O) groups is 1. The van der Waals surface area contributed by atoms with Gasteiger partial charge in [0, 0.05) is 43.7 Å². The molecule has 2 fully saturated rings. The third-order valence-electron chi connectivity index (χ3n) is 4.42. The zero-order valence-corrected chi connectivity index (χ0v) is 12.8. The van der Waals surface area contributed by atoms with Gasteiger partial charge < -0.3 is 14.9 Å². The van der Waals surface area contributed by atoms with Crippen molar-refractivity contribution in [3.8, 4) is 0 Å². The molecule has 2 atom stereocenters. The maximum absolute atomic E-state index is 10.8. The van der Waals surface area contributed by atoms with Crippen LogP contribution in [0, 0.1) is 18.8 Å². The summed E-state index contributed by atoms with van der Waals surface area (Å²) in [5.41, 5.74) is 0.548. The fourth-order valence-electron chi connectivity index (χ4n) is 3.29. The van der Waals surface area contributed by atoms with Crippen molar-refractivity contribution < 1.29 is 9.90 Å². The molecule has 6 nitrogen and oxygen atoms in total. The van der Waals surface area contributed by atoms with E-state index in [9.17, 15) is 9.90 Å². The summed E-state index contributed by atoms with van der Waals surface area (Å²) in [6, 6.07) is 1.83. The van der Waals surface area contributed by atoms with E-state index >= 15 is 0 Å². The molecule has 21 heavy (non-hydrogen) atoms. The molecular weight excluding hydrogens is 268 g/mol. The number of aromatic nitrogens is 2. The van der Waals surface area contributed by atoms with E-state index in [1.54, 1.807) is 13.8 Å². The molecule has 0 unspecified atom stereocenters. The summed E-state index contributed by atoms with van der Waals surface area (Å²) >= 11 is 0. The number of hydrogen-bond acceptors (Lipinski definition) is 5. The minimum absolute atomic E-state index is 0.505. The molecule has 1 aromatic heterocycles. The molecule has 0 saturated carbocycles. The lowest BCUT2D eigenvalue weighted by Crippen LogP contribution is -2.30. The number of nitrogens with zero attached hydrogens (tertiary/aromatic N) is 4. The van der Waals surface area contributed by atoms with E-state index in [1.807, 2.05) is 17.9 Å². The maximum atomic E-state index is 10.8. The Labute approximate surface area is 124 Å². The minimum Gasteiger partial charge on any atom is -0.384 e. The van der Waals surface area contributed by atoms with Crippen molar-refractivity contribution in [3.63, 3.8) is 0 Å². The molecule has 1 aromatic rings. The lowest BCUT2D eigenvalue weighted by Gasteiger charge is -2.23. The standard InChI is InChI=1S/C15H22N4O2/c1-10-4-13(15(2,3)21)17-14(16-10)19-7-11-5-18(9-20)6-12(11)8-19/h4,9,11-12,21H,5-8H2,1-3H3/t11-,12+. The molecular formula is C15H22N4O2. The number of amides is 1. The maximum Gasteiger partial charge on any atom is 0.225 e. The third-order valence-corrected chi connectivity index (χ3v) is 4.42. The van der Waals surface area contributed by atoms with Crippen molar-refractivity contribution in [1.82, 2.24) is 14.9 Å². The summed E-state index contributed by atoms with van der Waals surface area (Å²) in [6.07, 6.45) is 0.943. The van der Waals surface area contributed by atoms with Gasteiger partial charge in [-0.3, -0.25) is 4.79 Å². The molecule has 1 N–H and O–H groups in total. The Hall–Kier alpha value is -1.69. The summed E-state index contributed by atoms with van der Waals surface area (Å²) < 4.78 is 0. The number of fused-ring (bicyclic) bond motifs is 1. The number of likely N-dealkylation sites (tertiary alicyclic amines) is 1. The Balaban J connectivity index is 1.80. The van der Waals surface area contributed by atoms with E-state index in [2.05, 4.69) is 14.9 Å². The third kappa shape index (κ3) is 2.72. The van der Waals surface area contributed by atoms with Gasteiger partial charge in [-0.25, -0.2) is 9.97 Å². The first kappa shape index (κ1) is 14.3. The minimum atomic E-state index is -0.966. The van der Waals surface area contributed by atoms with Gasteiger partial charge in [0.1, 0.15) is 5.60 Å². The second kappa shape index (κ2) is 4.94. The van der Waals surface area contributed by atoms with Gasteiger partial charge >= 0.3 is 0 Å². The predicted octanol–water partition coefficient (Wildman–Crippen LogP) is 0.537. The highest BCUT2D eigenvalue weighted by Gasteiger charge is 2.40. The first-order valence-electron chi connectivity index (χ1n) is 7.39. The smallest absolute Gasteiger partial charge is 0.225 e. The topological polar surface area (TPSA) is 69.6 Å². The second-order valence-electron chi connectivity index (χ2n) is 6.74. The average Bonchev–Trinajstić information content (AvgIpc) is 2.94. The molecule has 0 bridgehead atoms. The quantitative estimate of drug-likeness (QED) is 0.823. The van der Waals surface area contributed by atoms with Crippen molar-refractivity contribution in [2.24, 2.45) is 11.8 Å². The van der Waals surface area contributed by atoms with Crippen LogP contribution in [0.5, 0.6) is 0 Å². The van der Waals surface area contributed by atoms with Gasteiger partial charge in [0.05, 0.1) is 5.69 Å². The molecule has 3 rings (SSSR count). The first-order chi connectivity index (χ1) is 9.86. The number of rotatable bonds is 3. The molecule has 3 heterocycles. The van der Waals surface area contributed by atoms with Crippen LogP contribution in [0.2, 0.25) is 0 Å². The van der Waals surface area contributed by atoms with Gasteiger partial charge in [-0.2, -0.15) is 0 Å². The molecule has 1 amide bonds. The molecule has 0 aromatic carbocycles. The van der Waals surface area contributed by atoms with Crippen LogP contribution in [0.1, 0.15) is 25.2 Å². The van der Waals surface area contributed by atoms with Crippen molar-refractivity contribution in [2.45, 2.75) is 26.4 Å². The van der Waals surface area contributed by atoms with Crippen LogP contribution in [-0.4, -0.2) is 52.6 Å². The van der Waals surface area contributed by atoms with Gasteiger partial charge in [-0.1, -0.05) is 0 Å². The fourth-order valence-corrected chi connectivity index (χ4v) is 3.29. The zero-order valence-electron chi connectivity index (χ0n) is 12.8. The Morgan fingerprint density at radius 3 is 2.38 bits per heavy atom. The zero-order chi connectivity index (χ0) is 15.2. The largest absolute Gasteiger partial charge is 0.384 e. The summed E-state index contributed by atoms with van der Waals surface area (Å²) in [5.74, 6) is 1.70. The number of hydrogen-bond donors (Lipinski definition) is 1. The van der Waals surface area contributed by atoms with Crippen LogP contribution in [0.3, 0.4) is 0 Å². The summed E-state index contributed by atoms with van der Waals surface area (Å²) in [4.78, 5) is 23.9. The van der Waals surface area contributed by atoms with Crippen molar-refractivity contribution in [1.29, 1.82) is 0 Å². The molecule has 2 aliphatic rings. The Bertz CT molecular complexity index is 541. The molecule has 0 radical (unpaired) electrons. The SMILES string of the molecule is Cc1cc(C(C)(C)O)nc(N2C[C@H]3CN(C=O)C[C@H]3C2)n1. The van der Waals surface area contributed by atoms with Crippen LogP contribution in [0.15, 0.2) is 6.07 Å². The molecule has 2 aliphatic heterocycles. The van der Waals surface area contributed by atoms with Crippen molar-refractivity contribution in [2.75, 3.05) is 31.1 Å². The molecule has 0 spiro atoms. The second-order valence-corrected chi connectivity index (χ2v) is 6.74. The Morgan fingerprint density at radius 1 is 1.24 bits per heavy atom. The number of aryl methyl sites for hydroxylation is 1. The summed E-state index contributed by atoms with van der Waals surface area (Å²) in [6.45, 7) is 8.81. The Kier molecular flexibility index (Phi) is 3.36.